The number of likely N-dealkylation sites (tertiary alicyclic amines) is 1. The van der Waals surface area contributed by atoms with Gasteiger partial charge in [-0.2, -0.15) is 5.10 Å². The van der Waals surface area contributed by atoms with E-state index in [1.54, 1.807) is 6.33 Å². The maximum absolute atomic E-state index is 15.1. The van der Waals surface area contributed by atoms with E-state index in [-0.39, 0.29) is 55.6 Å². The number of fused-ring (bicyclic) bond motifs is 2. The number of carbonyl (C=O) groups is 2. The summed E-state index contributed by atoms with van der Waals surface area (Å²) in [4.78, 5) is 52.9. The average Bonchev–Trinajstić information content (AvgIpc) is 3.80. The molecular formula is C48H71N6O6P. The zero-order valence-electron chi connectivity index (χ0n) is 37.8. The topological polar surface area (TPSA) is 165 Å². The van der Waals surface area contributed by atoms with Gasteiger partial charge in [-0.1, -0.05) is 74.3 Å². The molecule has 3 fully saturated rings. The van der Waals surface area contributed by atoms with Crippen molar-refractivity contribution in [1.29, 1.82) is 0 Å². The zero-order valence-corrected chi connectivity index (χ0v) is 38.7. The highest BCUT2D eigenvalue weighted by atomic mass is 31.2. The van der Waals surface area contributed by atoms with E-state index in [9.17, 15) is 19.1 Å². The second kappa shape index (κ2) is 18.7. The van der Waals surface area contributed by atoms with E-state index in [1.165, 1.54) is 36.0 Å². The van der Waals surface area contributed by atoms with Crippen molar-refractivity contribution in [2.24, 2.45) is 41.2 Å². The predicted molar refractivity (Wildman–Crippen MR) is 242 cm³/mol. The lowest BCUT2D eigenvalue weighted by atomic mass is 9.62. The SMILES string of the molecule is CC1CCC(C(C)C)C(c2c(-c3c(C(C)C)c4cc(C5CCN(CC(N)=O)CC5)ccc4n3C(=O)CCCOP(=O)(O)O)cn3ncnc3c2C2CC(C)CCC2C(C)C)C1. The number of hydrogen-bond acceptors (Lipinski definition) is 7. The zero-order chi connectivity index (χ0) is 43.9. The Bertz CT molecular complexity index is 2250. The van der Waals surface area contributed by atoms with E-state index in [0.29, 0.717) is 41.4 Å². The number of aromatic nitrogens is 4. The molecule has 0 bridgehead atoms. The van der Waals surface area contributed by atoms with Crippen LogP contribution in [0.4, 0.5) is 0 Å². The first kappa shape index (κ1) is 45.6. The van der Waals surface area contributed by atoms with Gasteiger partial charge in [0.25, 0.3) is 0 Å². The van der Waals surface area contributed by atoms with Crippen LogP contribution < -0.4 is 5.73 Å². The Morgan fingerprint density at radius 3 is 2.10 bits per heavy atom. The molecule has 0 radical (unpaired) electrons. The fourth-order valence-corrected chi connectivity index (χ4v) is 12.2. The van der Waals surface area contributed by atoms with Crippen molar-refractivity contribution in [2.45, 2.75) is 143 Å². The Morgan fingerprint density at radius 1 is 0.902 bits per heavy atom. The molecule has 12 nitrogen and oxygen atoms in total. The van der Waals surface area contributed by atoms with Gasteiger partial charge in [0, 0.05) is 29.1 Å². The third kappa shape index (κ3) is 9.74. The van der Waals surface area contributed by atoms with E-state index in [1.807, 2.05) is 9.08 Å². The number of rotatable bonds is 14. The first-order chi connectivity index (χ1) is 28.9. The van der Waals surface area contributed by atoms with Crippen molar-refractivity contribution >= 4 is 36.2 Å². The molecular weight excluding hydrogens is 788 g/mol. The third-order valence-corrected chi connectivity index (χ3v) is 15.3. The van der Waals surface area contributed by atoms with Crippen molar-refractivity contribution in [1.82, 2.24) is 24.1 Å². The van der Waals surface area contributed by atoms with Gasteiger partial charge in [0.05, 0.1) is 24.4 Å². The minimum Gasteiger partial charge on any atom is -0.369 e. The van der Waals surface area contributed by atoms with Crippen molar-refractivity contribution in [2.75, 3.05) is 26.2 Å². The molecule has 4 heterocycles. The number of nitrogens with two attached hydrogens (primary N) is 1. The first-order valence-corrected chi connectivity index (χ1v) is 24.7. The quantitative estimate of drug-likeness (QED) is 0.0827. The number of pyridine rings is 1. The maximum Gasteiger partial charge on any atom is 0.469 e. The first-order valence-electron chi connectivity index (χ1n) is 23.2. The molecule has 1 saturated heterocycles. The molecule has 7 rings (SSSR count). The van der Waals surface area contributed by atoms with Gasteiger partial charge in [0.2, 0.25) is 11.8 Å². The molecule has 334 valence electrons. The molecule has 6 unspecified atom stereocenters. The van der Waals surface area contributed by atoms with Crippen LogP contribution >= 0.6 is 7.82 Å². The highest BCUT2D eigenvalue weighted by Crippen LogP contribution is 2.55. The normalized spacial score (nSPS) is 24.8. The number of benzene rings is 1. The van der Waals surface area contributed by atoms with Gasteiger partial charge < -0.3 is 15.5 Å². The fraction of sp³-hybridized carbons (Fsp3) is 0.667. The van der Waals surface area contributed by atoms with Gasteiger partial charge in [-0.3, -0.25) is 23.6 Å². The molecule has 3 aromatic heterocycles. The average molecular weight is 859 g/mol. The van der Waals surface area contributed by atoms with Gasteiger partial charge >= 0.3 is 7.82 Å². The molecule has 1 aliphatic heterocycles. The summed E-state index contributed by atoms with van der Waals surface area (Å²) >= 11 is 0. The second-order valence-electron chi connectivity index (χ2n) is 20.1. The Labute approximate surface area is 362 Å². The van der Waals surface area contributed by atoms with Crippen molar-refractivity contribution in [3.63, 3.8) is 0 Å². The van der Waals surface area contributed by atoms with Crippen LogP contribution in [0.5, 0.6) is 0 Å². The van der Waals surface area contributed by atoms with Crippen LogP contribution in [0.25, 0.3) is 27.8 Å². The number of phosphoric ester groups is 1. The minimum atomic E-state index is -4.69. The van der Waals surface area contributed by atoms with Crippen LogP contribution in [0.2, 0.25) is 0 Å². The Kier molecular flexibility index (Phi) is 14.0. The van der Waals surface area contributed by atoms with E-state index < -0.39 is 7.82 Å². The summed E-state index contributed by atoms with van der Waals surface area (Å²) in [6.45, 7) is 20.4. The highest BCUT2D eigenvalue weighted by Gasteiger charge is 2.42. The lowest BCUT2D eigenvalue weighted by molar-refractivity contribution is -0.119. The number of hydrogen-bond donors (Lipinski definition) is 3. The Morgan fingerprint density at radius 2 is 1.52 bits per heavy atom. The van der Waals surface area contributed by atoms with Crippen molar-refractivity contribution in [3.05, 3.63) is 53.0 Å². The fourth-order valence-electron chi connectivity index (χ4n) is 11.9. The van der Waals surface area contributed by atoms with Crippen LogP contribution in [0.3, 0.4) is 0 Å². The van der Waals surface area contributed by atoms with Gasteiger partial charge in [-0.05, 0) is 146 Å². The smallest absolute Gasteiger partial charge is 0.369 e. The summed E-state index contributed by atoms with van der Waals surface area (Å²) in [5.74, 6) is 3.42. The summed E-state index contributed by atoms with van der Waals surface area (Å²) in [6, 6.07) is 6.60. The summed E-state index contributed by atoms with van der Waals surface area (Å²) in [7, 11) is -4.69. The minimum absolute atomic E-state index is 0.0456. The van der Waals surface area contributed by atoms with Gasteiger partial charge in [0.15, 0.2) is 5.65 Å². The number of amides is 1. The van der Waals surface area contributed by atoms with Gasteiger partial charge in [0.1, 0.15) is 6.33 Å². The Hall–Kier alpha value is -3.41. The van der Waals surface area contributed by atoms with Gasteiger partial charge in [-0.25, -0.2) is 14.1 Å². The molecule has 61 heavy (non-hydrogen) atoms. The molecule has 1 aromatic carbocycles. The highest BCUT2D eigenvalue weighted by molar-refractivity contribution is 7.46. The molecule has 4 N–H and O–H groups in total. The lowest BCUT2D eigenvalue weighted by Crippen LogP contribution is -2.39. The largest absolute Gasteiger partial charge is 0.469 e. The van der Waals surface area contributed by atoms with Crippen molar-refractivity contribution < 1.29 is 28.5 Å². The molecule has 6 atom stereocenters. The van der Waals surface area contributed by atoms with E-state index in [2.05, 4.69) is 84.7 Å². The molecule has 13 heteroatoms. The molecule has 4 aromatic rings. The number of phosphoric acid groups is 1. The van der Waals surface area contributed by atoms with Crippen LogP contribution in [0, 0.1) is 35.5 Å². The van der Waals surface area contributed by atoms with E-state index >= 15 is 4.79 Å². The molecule has 0 spiro atoms. The summed E-state index contributed by atoms with van der Waals surface area (Å²) in [6.07, 6.45) is 12.8. The van der Waals surface area contributed by atoms with E-state index in [0.717, 1.165) is 78.6 Å². The Balaban J connectivity index is 1.52. The number of primary amides is 1. The number of nitrogens with zero attached hydrogens (tertiary/aromatic N) is 5. The van der Waals surface area contributed by atoms with Crippen LogP contribution in [0.1, 0.15) is 170 Å². The predicted octanol–water partition coefficient (Wildman–Crippen LogP) is 10.0. The van der Waals surface area contributed by atoms with Crippen LogP contribution in [-0.4, -0.2) is 71.9 Å². The second-order valence-corrected chi connectivity index (χ2v) is 21.4. The van der Waals surface area contributed by atoms with Crippen LogP contribution in [0.15, 0.2) is 30.7 Å². The van der Waals surface area contributed by atoms with Crippen LogP contribution in [-0.2, 0) is 13.9 Å². The number of piperidine rings is 1. The standard InChI is InChI=1S/C48H71N6O6P/c1-28(2)35-14-11-31(7)22-37(35)45-40(25-53-48(50-27-51-53)46(45)38-23-32(8)12-15-36(38)29(3)4)47-44(30(5)6)39-24-34(33-17-19-52(20-18-33)26-42(49)55)13-16-41(39)54(47)43(56)10-9-21-60-61(57,58)59/h13,16,24-25,27-33,35-38H,9-12,14-15,17-23,26H2,1-8H3,(H2,49,55)(H2,57,58,59). The van der Waals surface area contributed by atoms with Crippen molar-refractivity contribution in [3.8, 4) is 11.3 Å². The lowest BCUT2D eigenvalue weighted by Gasteiger charge is -2.43. The molecule has 2 aliphatic carbocycles. The summed E-state index contributed by atoms with van der Waals surface area (Å²) in [5.41, 5.74) is 14.3. The third-order valence-electron chi connectivity index (χ3n) is 14.8. The summed E-state index contributed by atoms with van der Waals surface area (Å²) in [5, 5.41) is 5.93. The maximum atomic E-state index is 15.1. The van der Waals surface area contributed by atoms with E-state index in [4.69, 9.17) is 20.3 Å². The summed E-state index contributed by atoms with van der Waals surface area (Å²) < 4.78 is 20.4. The molecule has 2 saturated carbocycles. The monoisotopic (exact) mass is 859 g/mol. The number of carbonyl (C=O) groups excluding carboxylic acids is 2. The van der Waals surface area contributed by atoms with Gasteiger partial charge in [-0.15, -0.1) is 0 Å². The molecule has 1 amide bonds. The molecule has 3 aliphatic rings.